The number of halogens is 1. The molecule has 94 valence electrons. The zero-order chi connectivity index (χ0) is 12.7. The van der Waals surface area contributed by atoms with Crippen LogP contribution in [-0.2, 0) is 0 Å². The number of methoxy groups -OCH3 is 1. The topological polar surface area (TPSA) is 21.7 Å². The van der Waals surface area contributed by atoms with Gasteiger partial charge in [-0.1, -0.05) is 18.2 Å². The van der Waals surface area contributed by atoms with Crippen molar-refractivity contribution >= 4 is 11.6 Å². The second kappa shape index (κ2) is 7.20. The smallest absolute Gasteiger partial charge is 0.119 e. The summed E-state index contributed by atoms with van der Waals surface area (Å²) in [6.07, 6.45) is 0. The van der Waals surface area contributed by atoms with Crippen molar-refractivity contribution in [2.45, 2.75) is 0 Å². The Labute approximate surface area is 108 Å². The minimum atomic E-state index is 0.618. The van der Waals surface area contributed by atoms with Gasteiger partial charge in [-0.25, -0.2) is 0 Å². The highest BCUT2D eigenvalue weighted by Crippen LogP contribution is 2.16. The first-order valence-corrected chi connectivity index (χ1v) is 5.78. The molecule has 17 heavy (non-hydrogen) atoms. The highest BCUT2D eigenvalue weighted by Gasteiger charge is 2.00. The Morgan fingerprint density at radius 1 is 1.29 bits per heavy atom. The molecule has 0 aromatic heterocycles. The molecule has 0 N–H and O–H groups in total. The third-order valence-corrected chi connectivity index (χ3v) is 2.36. The Hall–Kier alpha value is -1.19. The van der Waals surface area contributed by atoms with Crippen LogP contribution in [0.15, 0.2) is 35.9 Å². The summed E-state index contributed by atoms with van der Waals surface area (Å²) in [5, 5.41) is 0.636. The maximum atomic E-state index is 5.71. The first kappa shape index (κ1) is 13.9. The Morgan fingerprint density at radius 3 is 2.41 bits per heavy atom. The highest BCUT2D eigenvalue weighted by molar-refractivity contribution is 6.29. The molecular formula is C13H18ClNO2. The van der Waals surface area contributed by atoms with Crippen LogP contribution >= 0.6 is 11.6 Å². The molecule has 0 heterocycles. The highest BCUT2D eigenvalue weighted by atomic mass is 35.5. The summed E-state index contributed by atoms with van der Waals surface area (Å²) in [6, 6.07) is 7.53. The second-order valence-electron chi connectivity index (χ2n) is 3.78. The van der Waals surface area contributed by atoms with Gasteiger partial charge in [-0.3, -0.25) is 4.90 Å². The van der Waals surface area contributed by atoms with E-state index in [1.165, 1.54) is 0 Å². The van der Waals surface area contributed by atoms with Gasteiger partial charge < -0.3 is 9.47 Å². The van der Waals surface area contributed by atoms with Crippen LogP contribution in [0.25, 0.3) is 0 Å². The summed E-state index contributed by atoms with van der Waals surface area (Å²) in [5.74, 6) is 1.66. The van der Waals surface area contributed by atoms with E-state index in [0.717, 1.165) is 18.0 Å². The lowest BCUT2D eigenvalue weighted by Crippen LogP contribution is -2.25. The third kappa shape index (κ3) is 5.61. The summed E-state index contributed by atoms with van der Waals surface area (Å²) in [7, 11) is 3.62. The summed E-state index contributed by atoms with van der Waals surface area (Å²) in [5.41, 5.74) is 0. The molecular weight excluding hydrogens is 238 g/mol. The van der Waals surface area contributed by atoms with Gasteiger partial charge >= 0.3 is 0 Å². The fraction of sp³-hybridized carbons (Fsp3) is 0.385. The number of hydrogen-bond acceptors (Lipinski definition) is 3. The maximum absolute atomic E-state index is 5.71. The standard InChI is InChI=1S/C13H18ClNO2/c1-11(14)10-15(2)8-9-17-13-6-4-12(16-3)5-7-13/h4-7H,1,8-10H2,2-3H3. The molecule has 1 aromatic carbocycles. The normalized spacial score (nSPS) is 10.4. The maximum Gasteiger partial charge on any atom is 0.119 e. The number of likely N-dealkylation sites (N-methyl/N-ethyl adjacent to an activating group) is 1. The van der Waals surface area contributed by atoms with Gasteiger partial charge in [0.1, 0.15) is 18.1 Å². The molecule has 1 aromatic rings. The first-order valence-electron chi connectivity index (χ1n) is 5.40. The van der Waals surface area contributed by atoms with Gasteiger partial charge in [0.05, 0.1) is 7.11 Å². The van der Waals surface area contributed by atoms with Crippen molar-refractivity contribution in [3.05, 3.63) is 35.9 Å². The zero-order valence-electron chi connectivity index (χ0n) is 10.3. The Balaban J connectivity index is 2.28. The van der Waals surface area contributed by atoms with Gasteiger partial charge in [0.25, 0.3) is 0 Å². The van der Waals surface area contributed by atoms with E-state index in [0.29, 0.717) is 18.2 Å². The summed E-state index contributed by atoms with van der Waals surface area (Å²) >= 11 is 5.71. The van der Waals surface area contributed by atoms with Crippen LogP contribution in [0.2, 0.25) is 0 Å². The predicted molar refractivity (Wildman–Crippen MR) is 71.0 cm³/mol. The summed E-state index contributed by atoms with van der Waals surface area (Å²) < 4.78 is 10.7. The number of rotatable bonds is 7. The van der Waals surface area contributed by atoms with Crippen molar-refractivity contribution in [2.75, 3.05) is 33.9 Å². The monoisotopic (exact) mass is 255 g/mol. The largest absolute Gasteiger partial charge is 0.497 e. The lowest BCUT2D eigenvalue weighted by Gasteiger charge is -2.16. The molecule has 0 fully saturated rings. The minimum absolute atomic E-state index is 0.618. The molecule has 0 bridgehead atoms. The van der Waals surface area contributed by atoms with Crippen LogP contribution in [0.3, 0.4) is 0 Å². The van der Waals surface area contributed by atoms with Gasteiger partial charge in [0.2, 0.25) is 0 Å². The van der Waals surface area contributed by atoms with E-state index in [2.05, 4.69) is 11.5 Å². The number of hydrogen-bond donors (Lipinski definition) is 0. The Bertz CT molecular complexity index is 351. The summed E-state index contributed by atoms with van der Waals surface area (Å²) in [4.78, 5) is 2.05. The fourth-order valence-corrected chi connectivity index (χ4v) is 1.57. The molecule has 0 aliphatic carbocycles. The third-order valence-electron chi connectivity index (χ3n) is 2.24. The quantitative estimate of drug-likeness (QED) is 0.748. The molecule has 0 spiro atoms. The van der Waals surface area contributed by atoms with E-state index in [1.54, 1.807) is 7.11 Å². The van der Waals surface area contributed by atoms with Crippen molar-refractivity contribution in [2.24, 2.45) is 0 Å². The number of nitrogens with zero attached hydrogens (tertiary/aromatic N) is 1. The van der Waals surface area contributed by atoms with E-state index < -0.39 is 0 Å². The minimum Gasteiger partial charge on any atom is -0.497 e. The van der Waals surface area contributed by atoms with Crippen LogP contribution in [0.5, 0.6) is 11.5 Å². The molecule has 3 nitrogen and oxygen atoms in total. The molecule has 0 aliphatic rings. The van der Waals surface area contributed by atoms with Crippen molar-refractivity contribution in [3.8, 4) is 11.5 Å². The van der Waals surface area contributed by atoms with E-state index in [1.807, 2.05) is 31.3 Å². The zero-order valence-corrected chi connectivity index (χ0v) is 11.0. The molecule has 0 saturated heterocycles. The molecule has 0 atom stereocenters. The molecule has 0 saturated carbocycles. The number of benzene rings is 1. The molecule has 1 rings (SSSR count). The van der Waals surface area contributed by atoms with Crippen LogP contribution in [0.4, 0.5) is 0 Å². The Kier molecular flexibility index (Phi) is 5.87. The van der Waals surface area contributed by atoms with E-state index >= 15 is 0 Å². The van der Waals surface area contributed by atoms with Gasteiger partial charge in [-0.15, -0.1) is 0 Å². The van der Waals surface area contributed by atoms with Crippen molar-refractivity contribution in [1.82, 2.24) is 4.90 Å². The van der Waals surface area contributed by atoms with Crippen LogP contribution in [0, 0.1) is 0 Å². The first-order chi connectivity index (χ1) is 8.11. The predicted octanol–water partition coefficient (Wildman–Crippen LogP) is 2.76. The van der Waals surface area contributed by atoms with Gasteiger partial charge in [-0.05, 0) is 31.3 Å². The van der Waals surface area contributed by atoms with Crippen LogP contribution < -0.4 is 9.47 Å². The van der Waals surface area contributed by atoms with Crippen LogP contribution in [-0.4, -0.2) is 38.8 Å². The van der Waals surface area contributed by atoms with Crippen molar-refractivity contribution in [1.29, 1.82) is 0 Å². The van der Waals surface area contributed by atoms with E-state index in [-0.39, 0.29) is 0 Å². The molecule has 0 radical (unpaired) electrons. The van der Waals surface area contributed by atoms with Gasteiger partial charge in [-0.2, -0.15) is 0 Å². The lowest BCUT2D eigenvalue weighted by atomic mass is 10.3. The molecule has 0 amide bonds. The second-order valence-corrected chi connectivity index (χ2v) is 4.31. The van der Waals surface area contributed by atoms with Crippen LogP contribution in [0.1, 0.15) is 0 Å². The van der Waals surface area contributed by atoms with E-state index in [9.17, 15) is 0 Å². The summed E-state index contributed by atoms with van der Waals surface area (Å²) in [6.45, 7) is 5.75. The Morgan fingerprint density at radius 2 is 1.88 bits per heavy atom. The molecule has 0 aliphatic heterocycles. The molecule has 4 heteroatoms. The average Bonchev–Trinajstić information content (AvgIpc) is 2.29. The molecule has 0 unspecified atom stereocenters. The van der Waals surface area contributed by atoms with E-state index in [4.69, 9.17) is 21.1 Å². The number of ether oxygens (including phenoxy) is 2. The fourth-order valence-electron chi connectivity index (χ4n) is 1.36. The van der Waals surface area contributed by atoms with Crippen molar-refractivity contribution in [3.63, 3.8) is 0 Å². The average molecular weight is 256 g/mol. The van der Waals surface area contributed by atoms with Gasteiger partial charge in [0.15, 0.2) is 0 Å². The lowest BCUT2D eigenvalue weighted by molar-refractivity contribution is 0.248. The van der Waals surface area contributed by atoms with Gasteiger partial charge in [0, 0.05) is 18.1 Å². The van der Waals surface area contributed by atoms with Crippen molar-refractivity contribution < 1.29 is 9.47 Å². The SMILES string of the molecule is C=C(Cl)CN(C)CCOc1ccc(OC)cc1.